The minimum atomic E-state index is -1.01. The molecule has 0 unspecified atom stereocenters. The Balaban J connectivity index is 1.81. The molecule has 1 aromatic carbocycles. The van der Waals surface area contributed by atoms with E-state index in [0.717, 1.165) is 11.3 Å². The zero-order valence-electron chi connectivity index (χ0n) is 13.1. The van der Waals surface area contributed by atoms with Crippen LogP contribution in [0, 0.1) is 6.92 Å². The predicted molar refractivity (Wildman–Crippen MR) is 83.6 cm³/mol. The van der Waals surface area contributed by atoms with Crippen molar-refractivity contribution in [3.63, 3.8) is 0 Å². The maximum atomic E-state index is 12.0. The quantitative estimate of drug-likeness (QED) is 0.799. The maximum absolute atomic E-state index is 12.0. The number of aliphatic carboxylic acids is 1. The number of aryl methyl sites for hydroxylation is 2. The van der Waals surface area contributed by atoms with E-state index in [2.05, 4.69) is 10.4 Å². The van der Waals surface area contributed by atoms with Crippen LogP contribution < -0.4 is 10.1 Å². The van der Waals surface area contributed by atoms with Crippen molar-refractivity contribution in [3.8, 4) is 5.75 Å². The summed E-state index contributed by atoms with van der Waals surface area (Å²) in [7, 11) is 1.73. The number of carboxylic acid groups (broad SMARTS) is 1. The van der Waals surface area contributed by atoms with Crippen LogP contribution in [0.25, 0.3) is 0 Å². The summed E-state index contributed by atoms with van der Waals surface area (Å²) in [6.07, 6.45) is 0.668. The third kappa shape index (κ3) is 4.84. The molecule has 0 aliphatic rings. The third-order valence-corrected chi connectivity index (χ3v) is 3.22. The fourth-order valence-electron chi connectivity index (χ4n) is 2.13. The number of carbonyl (C=O) groups excluding carboxylic acids is 1. The molecular formula is C16H19N3O4. The summed E-state index contributed by atoms with van der Waals surface area (Å²) in [6.45, 7) is 1.97. The molecule has 7 heteroatoms. The van der Waals surface area contributed by atoms with Crippen molar-refractivity contribution in [2.75, 3.05) is 13.2 Å². The molecule has 122 valence electrons. The maximum Gasteiger partial charge on any atom is 0.341 e. The van der Waals surface area contributed by atoms with Crippen molar-refractivity contribution in [2.45, 2.75) is 13.3 Å². The van der Waals surface area contributed by atoms with Gasteiger partial charge in [0, 0.05) is 13.6 Å². The van der Waals surface area contributed by atoms with Crippen molar-refractivity contribution in [2.24, 2.45) is 7.05 Å². The molecule has 0 saturated heterocycles. The van der Waals surface area contributed by atoms with Gasteiger partial charge < -0.3 is 15.2 Å². The van der Waals surface area contributed by atoms with E-state index >= 15 is 0 Å². The summed E-state index contributed by atoms with van der Waals surface area (Å²) in [4.78, 5) is 22.4. The van der Waals surface area contributed by atoms with Crippen LogP contribution in [0.4, 0.5) is 0 Å². The third-order valence-electron chi connectivity index (χ3n) is 3.22. The molecule has 0 aliphatic carbocycles. The summed E-state index contributed by atoms with van der Waals surface area (Å²) in [5.74, 6) is -0.665. The van der Waals surface area contributed by atoms with E-state index < -0.39 is 5.97 Å². The second-order valence-electron chi connectivity index (χ2n) is 5.13. The van der Waals surface area contributed by atoms with Gasteiger partial charge in [0.1, 0.15) is 11.4 Å². The highest BCUT2D eigenvalue weighted by Gasteiger charge is 2.10. The van der Waals surface area contributed by atoms with Crippen molar-refractivity contribution in [3.05, 3.63) is 47.3 Å². The van der Waals surface area contributed by atoms with Gasteiger partial charge in [-0.25, -0.2) is 4.79 Å². The van der Waals surface area contributed by atoms with Crippen LogP contribution in [0.3, 0.4) is 0 Å². The second-order valence-corrected chi connectivity index (χ2v) is 5.13. The van der Waals surface area contributed by atoms with E-state index in [0.29, 0.717) is 24.4 Å². The first-order valence-corrected chi connectivity index (χ1v) is 7.18. The smallest absolute Gasteiger partial charge is 0.341 e. The van der Waals surface area contributed by atoms with Gasteiger partial charge in [-0.15, -0.1) is 0 Å². The molecule has 0 saturated carbocycles. The van der Waals surface area contributed by atoms with Gasteiger partial charge in [-0.3, -0.25) is 9.48 Å². The van der Waals surface area contributed by atoms with Gasteiger partial charge in [-0.05, 0) is 37.1 Å². The van der Waals surface area contributed by atoms with Gasteiger partial charge in [-0.1, -0.05) is 12.1 Å². The standard InChI is InChI=1S/C16H19N3O4/c1-11-9-14(19(2)18-11)16(22)17-8-7-12-3-5-13(6-4-12)23-10-15(20)21/h3-6,9H,7-8,10H2,1-2H3,(H,17,22)(H,20,21). The Hall–Kier alpha value is -2.83. The van der Waals surface area contributed by atoms with E-state index in [1.807, 2.05) is 19.1 Å². The van der Waals surface area contributed by atoms with Crippen molar-refractivity contribution in [1.29, 1.82) is 0 Å². The minimum absolute atomic E-state index is 0.158. The Kier molecular flexibility index (Phi) is 5.35. The van der Waals surface area contributed by atoms with E-state index in [1.165, 1.54) is 0 Å². The highest BCUT2D eigenvalue weighted by atomic mass is 16.5. The van der Waals surface area contributed by atoms with Crippen LogP contribution in [0.1, 0.15) is 21.7 Å². The van der Waals surface area contributed by atoms with Crippen molar-refractivity contribution < 1.29 is 19.4 Å². The molecule has 0 aliphatic heterocycles. The highest BCUT2D eigenvalue weighted by Crippen LogP contribution is 2.12. The molecule has 0 bridgehead atoms. The molecule has 2 aromatic rings. The molecule has 2 N–H and O–H groups in total. The summed E-state index contributed by atoms with van der Waals surface area (Å²) in [5, 5.41) is 15.5. The fraction of sp³-hybridized carbons (Fsp3) is 0.312. The number of ether oxygens (including phenoxy) is 1. The van der Waals surface area contributed by atoms with Crippen LogP contribution in [-0.2, 0) is 18.3 Å². The van der Waals surface area contributed by atoms with Gasteiger partial charge in [0.15, 0.2) is 6.61 Å². The minimum Gasteiger partial charge on any atom is -0.482 e. The van der Waals surface area contributed by atoms with E-state index in [4.69, 9.17) is 9.84 Å². The van der Waals surface area contributed by atoms with Gasteiger partial charge in [-0.2, -0.15) is 5.10 Å². The van der Waals surface area contributed by atoms with E-state index in [1.54, 1.807) is 29.9 Å². The molecule has 1 heterocycles. The number of aromatic nitrogens is 2. The van der Waals surface area contributed by atoms with Crippen LogP contribution in [-0.4, -0.2) is 39.9 Å². The number of benzene rings is 1. The Morgan fingerprint density at radius 1 is 1.30 bits per heavy atom. The molecule has 0 spiro atoms. The van der Waals surface area contributed by atoms with E-state index in [9.17, 15) is 9.59 Å². The number of nitrogens with one attached hydrogen (secondary N) is 1. The zero-order chi connectivity index (χ0) is 16.8. The summed E-state index contributed by atoms with van der Waals surface area (Å²) in [5.41, 5.74) is 2.35. The zero-order valence-corrected chi connectivity index (χ0v) is 13.1. The summed E-state index contributed by atoms with van der Waals surface area (Å²) < 4.78 is 6.61. The average Bonchev–Trinajstić information content (AvgIpc) is 2.85. The van der Waals surface area contributed by atoms with Crippen LogP contribution in [0.15, 0.2) is 30.3 Å². The lowest BCUT2D eigenvalue weighted by Gasteiger charge is -2.07. The van der Waals surface area contributed by atoms with Crippen molar-refractivity contribution >= 4 is 11.9 Å². The van der Waals surface area contributed by atoms with E-state index in [-0.39, 0.29) is 12.5 Å². The average molecular weight is 317 g/mol. The fourth-order valence-corrected chi connectivity index (χ4v) is 2.13. The number of carboxylic acids is 1. The van der Waals surface area contributed by atoms with Crippen LogP contribution in [0.2, 0.25) is 0 Å². The van der Waals surface area contributed by atoms with Crippen LogP contribution >= 0.6 is 0 Å². The number of carbonyl (C=O) groups is 2. The molecule has 7 nitrogen and oxygen atoms in total. The molecule has 1 amide bonds. The predicted octanol–water partition coefficient (Wildman–Crippen LogP) is 1.16. The molecule has 1 aromatic heterocycles. The van der Waals surface area contributed by atoms with Gasteiger partial charge in [0.05, 0.1) is 5.69 Å². The van der Waals surface area contributed by atoms with Gasteiger partial charge in [0.2, 0.25) is 0 Å². The van der Waals surface area contributed by atoms with Crippen LogP contribution in [0.5, 0.6) is 5.75 Å². The van der Waals surface area contributed by atoms with Crippen molar-refractivity contribution in [1.82, 2.24) is 15.1 Å². The molecule has 0 atom stereocenters. The lowest BCUT2D eigenvalue weighted by atomic mass is 10.1. The summed E-state index contributed by atoms with van der Waals surface area (Å²) in [6, 6.07) is 8.86. The molecule has 2 rings (SSSR count). The molecule has 0 fully saturated rings. The molecule has 23 heavy (non-hydrogen) atoms. The number of hydrogen-bond donors (Lipinski definition) is 2. The normalized spacial score (nSPS) is 10.3. The lowest BCUT2D eigenvalue weighted by molar-refractivity contribution is -0.139. The lowest BCUT2D eigenvalue weighted by Crippen LogP contribution is -2.27. The molecular weight excluding hydrogens is 298 g/mol. The topological polar surface area (TPSA) is 93.5 Å². The molecule has 0 radical (unpaired) electrons. The summed E-state index contributed by atoms with van der Waals surface area (Å²) >= 11 is 0. The van der Waals surface area contributed by atoms with Gasteiger partial charge in [0.25, 0.3) is 5.91 Å². The Bertz CT molecular complexity index is 692. The highest BCUT2D eigenvalue weighted by molar-refractivity contribution is 5.92. The number of nitrogens with zero attached hydrogens (tertiary/aromatic N) is 2. The number of amides is 1. The Labute approximate surface area is 133 Å². The monoisotopic (exact) mass is 317 g/mol. The number of rotatable bonds is 7. The SMILES string of the molecule is Cc1cc(C(=O)NCCc2ccc(OCC(=O)O)cc2)n(C)n1. The first-order chi connectivity index (χ1) is 11.0. The largest absolute Gasteiger partial charge is 0.482 e. The first kappa shape index (κ1) is 16.5. The Morgan fingerprint density at radius 3 is 2.57 bits per heavy atom. The number of hydrogen-bond acceptors (Lipinski definition) is 4. The first-order valence-electron chi connectivity index (χ1n) is 7.18. The second kappa shape index (κ2) is 7.44. The Morgan fingerprint density at radius 2 is 2.00 bits per heavy atom. The van der Waals surface area contributed by atoms with Gasteiger partial charge >= 0.3 is 5.97 Å².